The molecule has 3 atom stereocenters. The van der Waals surface area contributed by atoms with Gasteiger partial charge in [-0.1, -0.05) is 13.8 Å². The van der Waals surface area contributed by atoms with E-state index in [0.29, 0.717) is 6.10 Å². The van der Waals surface area contributed by atoms with E-state index in [2.05, 4.69) is 32.7 Å². The zero-order chi connectivity index (χ0) is 10.7. The van der Waals surface area contributed by atoms with Crippen molar-refractivity contribution >= 4 is 0 Å². The van der Waals surface area contributed by atoms with Crippen molar-refractivity contribution in [2.24, 2.45) is 11.8 Å². The van der Waals surface area contributed by atoms with E-state index in [1.807, 2.05) is 7.11 Å². The Morgan fingerprint density at radius 2 is 1.86 bits per heavy atom. The molecule has 1 aliphatic rings. The molecule has 84 valence electrons. The fourth-order valence-corrected chi connectivity index (χ4v) is 2.62. The summed E-state index contributed by atoms with van der Waals surface area (Å²) in [4.78, 5) is 2.51. The summed E-state index contributed by atoms with van der Waals surface area (Å²) in [7, 11) is 4.07. The molecule has 1 aliphatic heterocycles. The molecule has 0 bridgehead atoms. The summed E-state index contributed by atoms with van der Waals surface area (Å²) in [5.74, 6) is 1.50. The summed E-state index contributed by atoms with van der Waals surface area (Å²) in [6.07, 6.45) is 3.06. The Labute approximate surface area is 88.6 Å². The van der Waals surface area contributed by atoms with Gasteiger partial charge in [-0.05, 0) is 38.6 Å². The van der Waals surface area contributed by atoms with Crippen LogP contribution in [0.25, 0.3) is 0 Å². The maximum Gasteiger partial charge on any atom is 0.0583 e. The summed E-state index contributed by atoms with van der Waals surface area (Å²) in [5.41, 5.74) is 0. The van der Waals surface area contributed by atoms with Gasteiger partial charge >= 0.3 is 0 Å². The van der Waals surface area contributed by atoms with E-state index in [0.717, 1.165) is 17.9 Å². The molecule has 0 saturated carbocycles. The van der Waals surface area contributed by atoms with Crippen molar-refractivity contribution in [1.82, 2.24) is 4.90 Å². The SMILES string of the molecule is COC(C)C1CCC(C(C)C)N(C)C1. The largest absolute Gasteiger partial charge is 0.381 e. The average molecular weight is 199 g/mol. The minimum absolute atomic E-state index is 0.408. The third-order valence-corrected chi connectivity index (χ3v) is 3.73. The quantitative estimate of drug-likeness (QED) is 0.692. The van der Waals surface area contributed by atoms with Crippen LogP contribution in [0.4, 0.5) is 0 Å². The van der Waals surface area contributed by atoms with Crippen molar-refractivity contribution in [2.75, 3.05) is 20.7 Å². The van der Waals surface area contributed by atoms with Crippen molar-refractivity contribution in [3.8, 4) is 0 Å². The Balaban J connectivity index is 2.46. The summed E-state index contributed by atoms with van der Waals surface area (Å²) in [6, 6.07) is 0.773. The lowest BCUT2D eigenvalue weighted by atomic mass is 9.85. The van der Waals surface area contributed by atoms with E-state index < -0.39 is 0 Å². The molecule has 1 rings (SSSR count). The van der Waals surface area contributed by atoms with Crippen molar-refractivity contribution in [3.63, 3.8) is 0 Å². The second-order valence-corrected chi connectivity index (χ2v) is 5.03. The van der Waals surface area contributed by atoms with Gasteiger partial charge < -0.3 is 9.64 Å². The molecule has 0 radical (unpaired) electrons. The lowest BCUT2D eigenvalue weighted by Crippen LogP contribution is -2.46. The number of ether oxygens (including phenoxy) is 1. The summed E-state index contributed by atoms with van der Waals surface area (Å²) in [5, 5.41) is 0. The van der Waals surface area contributed by atoms with Crippen LogP contribution in [0.1, 0.15) is 33.6 Å². The Morgan fingerprint density at radius 3 is 2.29 bits per heavy atom. The van der Waals surface area contributed by atoms with Crippen LogP contribution in [0, 0.1) is 11.8 Å². The maximum absolute atomic E-state index is 5.41. The highest BCUT2D eigenvalue weighted by atomic mass is 16.5. The summed E-state index contributed by atoms with van der Waals surface area (Å²) >= 11 is 0. The highest BCUT2D eigenvalue weighted by molar-refractivity contribution is 4.83. The van der Waals surface area contributed by atoms with E-state index in [4.69, 9.17) is 4.74 Å². The van der Waals surface area contributed by atoms with Gasteiger partial charge in [0.25, 0.3) is 0 Å². The molecule has 0 aliphatic carbocycles. The van der Waals surface area contributed by atoms with Crippen LogP contribution >= 0.6 is 0 Å². The second-order valence-electron chi connectivity index (χ2n) is 5.03. The van der Waals surface area contributed by atoms with Gasteiger partial charge in [0.2, 0.25) is 0 Å². The van der Waals surface area contributed by atoms with Gasteiger partial charge in [-0.15, -0.1) is 0 Å². The first-order valence-electron chi connectivity index (χ1n) is 5.79. The maximum atomic E-state index is 5.41. The van der Waals surface area contributed by atoms with Gasteiger partial charge in [-0.2, -0.15) is 0 Å². The fraction of sp³-hybridized carbons (Fsp3) is 1.00. The van der Waals surface area contributed by atoms with Gasteiger partial charge in [0.1, 0.15) is 0 Å². The number of hydrogen-bond donors (Lipinski definition) is 0. The zero-order valence-electron chi connectivity index (χ0n) is 10.3. The molecule has 0 amide bonds. The molecule has 0 aromatic rings. The van der Waals surface area contributed by atoms with Crippen molar-refractivity contribution in [3.05, 3.63) is 0 Å². The van der Waals surface area contributed by atoms with Crippen LogP contribution in [-0.4, -0.2) is 37.7 Å². The molecule has 0 aromatic heterocycles. The number of rotatable bonds is 3. The number of methoxy groups -OCH3 is 1. The molecular weight excluding hydrogens is 174 g/mol. The van der Waals surface area contributed by atoms with Crippen molar-refractivity contribution in [2.45, 2.75) is 45.8 Å². The number of piperidine rings is 1. The Morgan fingerprint density at radius 1 is 1.21 bits per heavy atom. The molecular formula is C12H25NO. The number of likely N-dealkylation sites (tertiary alicyclic amines) is 1. The first-order valence-corrected chi connectivity index (χ1v) is 5.79. The monoisotopic (exact) mass is 199 g/mol. The highest BCUT2D eigenvalue weighted by Crippen LogP contribution is 2.27. The minimum Gasteiger partial charge on any atom is -0.381 e. The van der Waals surface area contributed by atoms with Gasteiger partial charge in [0.05, 0.1) is 6.10 Å². The van der Waals surface area contributed by atoms with Gasteiger partial charge in [-0.25, -0.2) is 0 Å². The molecule has 1 saturated heterocycles. The topological polar surface area (TPSA) is 12.5 Å². The normalized spacial score (nSPS) is 32.1. The average Bonchev–Trinajstić information content (AvgIpc) is 2.15. The van der Waals surface area contributed by atoms with Crippen LogP contribution in [-0.2, 0) is 4.74 Å². The molecule has 3 unspecified atom stereocenters. The Kier molecular flexibility index (Phi) is 4.39. The van der Waals surface area contributed by atoms with Gasteiger partial charge in [-0.3, -0.25) is 0 Å². The first kappa shape index (κ1) is 12.0. The molecule has 0 spiro atoms. The van der Waals surface area contributed by atoms with E-state index >= 15 is 0 Å². The standard InChI is InChI=1S/C12H25NO/c1-9(2)12-7-6-11(8-13(12)4)10(3)14-5/h9-12H,6-8H2,1-5H3. The van der Waals surface area contributed by atoms with Gasteiger partial charge in [0, 0.05) is 19.7 Å². The molecule has 2 nitrogen and oxygen atoms in total. The molecule has 14 heavy (non-hydrogen) atoms. The lowest BCUT2D eigenvalue weighted by Gasteiger charge is -2.41. The van der Waals surface area contributed by atoms with E-state index in [1.165, 1.54) is 19.4 Å². The predicted molar refractivity (Wildman–Crippen MR) is 60.5 cm³/mol. The molecule has 1 heterocycles. The van der Waals surface area contributed by atoms with E-state index in [1.54, 1.807) is 0 Å². The predicted octanol–water partition coefficient (Wildman–Crippen LogP) is 2.39. The lowest BCUT2D eigenvalue weighted by molar-refractivity contribution is 0.00883. The third-order valence-electron chi connectivity index (χ3n) is 3.73. The van der Waals surface area contributed by atoms with Crippen molar-refractivity contribution < 1.29 is 4.74 Å². The highest BCUT2D eigenvalue weighted by Gasteiger charge is 2.30. The minimum atomic E-state index is 0.408. The van der Waals surface area contributed by atoms with Crippen molar-refractivity contribution in [1.29, 1.82) is 0 Å². The second kappa shape index (κ2) is 5.13. The third kappa shape index (κ3) is 2.71. The molecule has 2 heteroatoms. The molecule has 1 fully saturated rings. The van der Waals surface area contributed by atoms with Gasteiger partial charge in [0.15, 0.2) is 0 Å². The first-order chi connectivity index (χ1) is 6.56. The fourth-order valence-electron chi connectivity index (χ4n) is 2.62. The molecule has 0 N–H and O–H groups in total. The van der Waals surface area contributed by atoms with E-state index in [9.17, 15) is 0 Å². The van der Waals surface area contributed by atoms with Crippen LogP contribution in [0.3, 0.4) is 0 Å². The summed E-state index contributed by atoms with van der Waals surface area (Å²) < 4.78 is 5.41. The molecule has 0 aromatic carbocycles. The van der Waals surface area contributed by atoms with Crippen LogP contribution in [0.5, 0.6) is 0 Å². The van der Waals surface area contributed by atoms with Crippen LogP contribution in [0.15, 0.2) is 0 Å². The number of nitrogens with zero attached hydrogens (tertiary/aromatic N) is 1. The van der Waals surface area contributed by atoms with Crippen LogP contribution in [0.2, 0.25) is 0 Å². The van der Waals surface area contributed by atoms with E-state index in [-0.39, 0.29) is 0 Å². The Bertz CT molecular complexity index is 170. The smallest absolute Gasteiger partial charge is 0.0583 e. The number of hydrogen-bond acceptors (Lipinski definition) is 2. The zero-order valence-corrected chi connectivity index (χ0v) is 10.3. The Hall–Kier alpha value is -0.0800. The summed E-state index contributed by atoms with van der Waals surface area (Å²) in [6.45, 7) is 8.02. The van der Waals surface area contributed by atoms with Crippen LogP contribution < -0.4 is 0 Å².